The SMILES string of the molecule is O=C(Nc1ccc(-n2cccn2)cc1)c1ccnc2ccccc12. The summed E-state index contributed by atoms with van der Waals surface area (Å²) in [5.74, 6) is -0.152. The lowest BCUT2D eigenvalue weighted by Gasteiger charge is -2.08. The molecule has 0 atom stereocenters. The van der Waals surface area contributed by atoms with Crippen molar-refractivity contribution in [2.24, 2.45) is 0 Å². The van der Waals surface area contributed by atoms with Gasteiger partial charge in [-0.2, -0.15) is 5.10 Å². The highest BCUT2D eigenvalue weighted by atomic mass is 16.1. The van der Waals surface area contributed by atoms with E-state index in [1.807, 2.05) is 60.8 Å². The Kier molecular flexibility index (Phi) is 3.51. The number of nitrogens with one attached hydrogen (secondary N) is 1. The summed E-state index contributed by atoms with van der Waals surface area (Å²) in [5.41, 5.74) is 3.08. The molecule has 0 saturated heterocycles. The second-order valence-electron chi connectivity index (χ2n) is 5.33. The number of aromatic nitrogens is 3. The first-order valence-electron chi connectivity index (χ1n) is 7.56. The van der Waals surface area contributed by atoms with Crippen LogP contribution in [0.25, 0.3) is 16.6 Å². The summed E-state index contributed by atoms with van der Waals surface area (Å²) in [7, 11) is 0. The van der Waals surface area contributed by atoms with Crippen LogP contribution in [0.15, 0.2) is 79.3 Å². The number of nitrogens with zero attached hydrogens (tertiary/aromatic N) is 3. The number of rotatable bonds is 3. The number of benzene rings is 2. The van der Waals surface area contributed by atoms with Crippen molar-refractivity contribution >= 4 is 22.5 Å². The Morgan fingerprint density at radius 2 is 1.75 bits per heavy atom. The Bertz CT molecular complexity index is 986. The zero-order valence-corrected chi connectivity index (χ0v) is 12.8. The number of anilines is 1. The molecule has 0 bridgehead atoms. The van der Waals surface area contributed by atoms with Gasteiger partial charge in [-0.05, 0) is 42.5 Å². The largest absolute Gasteiger partial charge is 0.322 e. The van der Waals surface area contributed by atoms with Crippen molar-refractivity contribution < 1.29 is 4.79 Å². The van der Waals surface area contributed by atoms with Crippen molar-refractivity contribution in [3.63, 3.8) is 0 Å². The van der Waals surface area contributed by atoms with Crippen molar-refractivity contribution in [3.05, 3.63) is 84.8 Å². The van der Waals surface area contributed by atoms with Gasteiger partial charge in [-0.1, -0.05) is 18.2 Å². The molecule has 0 aliphatic carbocycles. The van der Waals surface area contributed by atoms with Gasteiger partial charge in [0.2, 0.25) is 0 Å². The van der Waals surface area contributed by atoms with E-state index in [2.05, 4.69) is 15.4 Å². The number of amides is 1. The van der Waals surface area contributed by atoms with Crippen molar-refractivity contribution in [3.8, 4) is 5.69 Å². The molecule has 0 fully saturated rings. The minimum Gasteiger partial charge on any atom is -0.322 e. The number of carbonyl (C=O) groups is 1. The first-order chi connectivity index (χ1) is 11.8. The molecule has 1 amide bonds. The van der Waals surface area contributed by atoms with Gasteiger partial charge in [-0.15, -0.1) is 0 Å². The number of hydrogen-bond acceptors (Lipinski definition) is 3. The Labute approximate surface area is 138 Å². The fourth-order valence-electron chi connectivity index (χ4n) is 2.61. The molecular weight excluding hydrogens is 300 g/mol. The van der Waals surface area contributed by atoms with Gasteiger partial charge in [0.05, 0.1) is 16.8 Å². The first kappa shape index (κ1) is 14.1. The quantitative estimate of drug-likeness (QED) is 0.627. The lowest BCUT2D eigenvalue weighted by molar-refractivity contribution is 0.102. The molecule has 2 aromatic heterocycles. The molecule has 5 nitrogen and oxygen atoms in total. The third kappa shape index (κ3) is 2.63. The smallest absolute Gasteiger partial charge is 0.256 e. The molecule has 1 N–H and O–H groups in total. The summed E-state index contributed by atoms with van der Waals surface area (Å²) >= 11 is 0. The van der Waals surface area contributed by atoms with E-state index >= 15 is 0 Å². The van der Waals surface area contributed by atoms with Crippen LogP contribution in [0.3, 0.4) is 0 Å². The monoisotopic (exact) mass is 314 g/mol. The molecule has 0 unspecified atom stereocenters. The van der Waals surface area contributed by atoms with Gasteiger partial charge in [0, 0.05) is 29.7 Å². The number of carbonyl (C=O) groups excluding carboxylic acids is 1. The van der Waals surface area contributed by atoms with Crippen LogP contribution in [0.5, 0.6) is 0 Å². The Balaban J connectivity index is 1.59. The molecule has 0 radical (unpaired) electrons. The van der Waals surface area contributed by atoms with Crippen LogP contribution in [0.4, 0.5) is 5.69 Å². The predicted molar refractivity (Wildman–Crippen MR) is 93.3 cm³/mol. The molecule has 0 spiro atoms. The summed E-state index contributed by atoms with van der Waals surface area (Å²) in [6, 6.07) is 18.7. The second kappa shape index (κ2) is 5.96. The standard InChI is InChI=1S/C19H14N4O/c24-19(17-10-12-20-18-5-2-1-4-16(17)18)22-14-6-8-15(9-7-14)23-13-3-11-21-23/h1-13H,(H,22,24). The zero-order chi connectivity index (χ0) is 16.4. The molecule has 116 valence electrons. The predicted octanol–water partition coefficient (Wildman–Crippen LogP) is 3.67. The van der Waals surface area contributed by atoms with E-state index in [-0.39, 0.29) is 5.91 Å². The molecule has 24 heavy (non-hydrogen) atoms. The van der Waals surface area contributed by atoms with Crippen LogP contribution in [0, 0.1) is 0 Å². The van der Waals surface area contributed by atoms with Crippen molar-refractivity contribution in [2.45, 2.75) is 0 Å². The molecule has 0 aliphatic rings. The number of pyridine rings is 1. The molecule has 4 rings (SSSR count). The third-order valence-corrected chi connectivity index (χ3v) is 3.79. The number of para-hydroxylation sites is 1. The average molecular weight is 314 g/mol. The summed E-state index contributed by atoms with van der Waals surface area (Å²) in [6.07, 6.45) is 5.25. The Hall–Kier alpha value is -3.47. The van der Waals surface area contributed by atoms with Crippen molar-refractivity contribution in [1.82, 2.24) is 14.8 Å². The molecular formula is C19H14N4O. The topological polar surface area (TPSA) is 59.8 Å². The maximum atomic E-state index is 12.6. The average Bonchev–Trinajstić information content (AvgIpc) is 3.16. The minimum absolute atomic E-state index is 0.152. The normalized spacial score (nSPS) is 10.7. The van der Waals surface area contributed by atoms with Crippen LogP contribution in [-0.4, -0.2) is 20.7 Å². The summed E-state index contributed by atoms with van der Waals surface area (Å²) < 4.78 is 1.77. The highest BCUT2D eigenvalue weighted by Crippen LogP contribution is 2.19. The highest BCUT2D eigenvalue weighted by molar-refractivity contribution is 6.12. The van der Waals surface area contributed by atoms with Crippen molar-refractivity contribution in [1.29, 1.82) is 0 Å². The van der Waals surface area contributed by atoms with E-state index < -0.39 is 0 Å². The van der Waals surface area contributed by atoms with Crippen LogP contribution in [0.2, 0.25) is 0 Å². The van der Waals surface area contributed by atoms with Gasteiger partial charge in [0.25, 0.3) is 5.91 Å². The Morgan fingerprint density at radius 3 is 2.54 bits per heavy atom. The lowest BCUT2D eigenvalue weighted by atomic mass is 10.1. The van der Waals surface area contributed by atoms with E-state index in [9.17, 15) is 4.79 Å². The van der Waals surface area contributed by atoms with Crippen LogP contribution in [-0.2, 0) is 0 Å². The van der Waals surface area contributed by atoms with Crippen LogP contribution in [0.1, 0.15) is 10.4 Å². The van der Waals surface area contributed by atoms with Crippen molar-refractivity contribution in [2.75, 3.05) is 5.32 Å². The summed E-state index contributed by atoms with van der Waals surface area (Å²) in [5, 5.41) is 7.95. The van der Waals surface area contributed by atoms with Crippen LogP contribution < -0.4 is 5.32 Å². The number of fused-ring (bicyclic) bond motifs is 1. The van der Waals surface area contributed by atoms with E-state index in [0.717, 1.165) is 22.3 Å². The summed E-state index contributed by atoms with van der Waals surface area (Å²) in [6.45, 7) is 0. The Morgan fingerprint density at radius 1 is 0.917 bits per heavy atom. The molecule has 2 heterocycles. The molecule has 0 saturated carbocycles. The van der Waals surface area contributed by atoms with E-state index in [1.165, 1.54) is 0 Å². The van der Waals surface area contributed by atoms with Gasteiger partial charge in [0.1, 0.15) is 0 Å². The van der Waals surface area contributed by atoms with Gasteiger partial charge in [-0.3, -0.25) is 9.78 Å². The van der Waals surface area contributed by atoms with Gasteiger partial charge < -0.3 is 5.32 Å². The van der Waals surface area contributed by atoms with E-state index in [1.54, 1.807) is 23.1 Å². The van der Waals surface area contributed by atoms with Crippen LogP contribution >= 0.6 is 0 Å². The highest BCUT2D eigenvalue weighted by Gasteiger charge is 2.10. The fraction of sp³-hybridized carbons (Fsp3) is 0. The molecule has 5 heteroatoms. The maximum absolute atomic E-state index is 12.6. The second-order valence-corrected chi connectivity index (χ2v) is 5.33. The maximum Gasteiger partial charge on any atom is 0.256 e. The molecule has 0 aliphatic heterocycles. The summed E-state index contributed by atoms with van der Waals surface area (Å²) in [4.78, 5) is 16.9. The molecule has 2 aromatic carbocycles. The third-order valence-electron chi connectivity index (χ3n) is 3.79. The van der Waals surface area contributed by atoms with Gasteiger partial charge >= 0.3 is 0 Å². The molecule has 4 aromatic rings. The number of hydrogen-bond donors (Lipinski definition) is 1. The van der Waals surface area contributed by atoms with Gasteiger partial charge in [0.15, 0.2) is 0 Å². The minimum atomic E-state index is -0.152. The van der Waals surface area contributed by atoms with Gasteiger partial charge in [-0.25, -0.2) is 4.68 Å². The lowest BCUT2D eigenvalue weighted by Crippen LogP contribution is -2.12. The fourth-order valence-corrected chi connectivity index (χ4v) is 2.61. The van der Waals surface area contributed by atoms with E-state index in [4.69, 9.17) is 0 Å². The zero-order valence-electron chi connectivity index (χ0n) is 12.8. The van der Waals surface area contributed by atoms with E-state index in [0.29, 0.717) is 5.56 Å². The first-order valence-corrected chi connectivity index (χ1v) is 7.56.